The third-order valence-corrected chi connectivity index (χ3v) is 2.94. The number of ether oxygens (including phenoxy) is 1. The molecule has 4 heteroatoms. The number of hydrogen-bond acceptors (Lipinski definition) is 3. The third-order valence-electron chi connectivity index (χ3n) is 2.94. The molecular formula is C12H16N2O2. The Hall–Kier alpha value is -1.42. The summed E-state index contributed by atoms with van der Waals surface area (Å²) >= 11 is 0. The summed E-state index contributed by atoms with van der Waals surface area (Å²) in [6.07, 6.45) is 3.47. The number of aromatic nitrogens is 1. The summed E-state index contributed by atoms with van der Waals surface area (Å²) in [7, 11) is 1.84. The van der Waals surface area contributed by atoms with Gasteiger partial charge >= 0.3 is 0 Å². The van der Waals surface area contributed by atoms with Crippen LogP contribution >= 0.6 is 0 Å². The minimum absolute atomic E-state index is 0.00694. The lowest BCUT2D eigenvalue weighted by molar-refractivity contribution is 0.0359. The average molecular weight is 220 g/mol. The van der Waals surface area contributed by atoms with Crippen LogP contribution in [-0.2, 0) is 4.74 Å². The molecule has 2 heterocycles. The van der Waals surface area contributed by atoms with Crippen LogP contribution in [0.1, 0.15) is 23.3 Å². The van der Waals surface area contributed by atoms with E-state index in [0.717, 1.165) is 26.1 Å². The summed E-state index contributed by atoms with van der Waals surface area (Å²) in [6.45, 7) is 1.48. The second-order valence-electron chi connectivity index (χ2n) is 3.97. The number of carbonyl (C=O) groups excluding carboxylic acids is 1. The van der Waals surface area contributed by atoms with Gasteiger partial charge in [0.05, 0.1) is 0 Å². The van der Waals surface area contributed by atoms with Gasteiger partial charge < -0.3 is 9.64 Å². The van der Waals surface area contributed by atoms with E-state index in [-0.39, 0.29) is 11.9 Å². The van der Waals surface area contributed by atoms with E-state index in [1.807, 2.05) is 19.2 Å². The molecule has 1 aliphatic rings. The van der Waals surface area contributed by atoms with Gasteiger partial charge in [-0.05, 0) is 25.0 Å². The Morgan fingerprint density at radius 2 is 2.19 bits per heavy atom. The maximum Gasteiger partial charge on any atom is 0.272 e. The van der Waals surface area contributed by atoms with Gasteiger partial charge in [-0.2, -0.15) is 0 Å². The van der Waals surface area contributed by atoms with Crippen molar-refractivity contribution in [2.24, 2.45) is 0 Å². The summed E-state index contributed by atoms with van der Waals surface area (Å²) in [5, 5.41) is 0. The molecule has 1 aromatic heterocycles. The molecule has 0 unspecified atom stereocenters. The van der Waals surface area contributed by atoms with Crippen molar-refractivity contribution in [3.05, 3.63) is 30.1 Å². The first-order valence-electron chi connectivity index (χ1n) is 5.55. The predicted molar refractivity (Wildman–Crippen MR) is 60.2 cm³/mol. The number of amides is 1. The molecule has 86 valence electrons. The zero-order chi connectivity index (χ0) is 11.4. The topological polar surface area (TPSA) is 42.4 Å². The summed E-state index contributed by atoms with van der Waals surface area (Å²) in [6, 6.07) is 5.67. The highest BCUT2D eigenvalue weighted by Gasteiger charge is 2.23. The molecule has 2 rings (SSSR count). The number of carbonyl (C=O) groups is 1. The van der Waals surface area contributed by atoms with E-state index in [4.69, 9.17) is 4.74 Å². The first-order valence-corrected chi connectivity index (χ1v) is 5.55. The fourth-order valence-electron chi connectivity index (χ4n) is 1.91. The summed E-state index contributed by atoms with van der Waals surface area (Å²) in [5.41, 5.74) is 0.511. The molecule has 1 fully saturated rings. The molecule has 1 amide bonds. The Morgan fingerprint density at radius 3 is 2.81 bits per heavy atom. The fraction of sp³-hybridized carbons (Fsp3) is 0.500. The van der Waals surface area contributed by atoms with Crippen molar-refractivity contribution >= 4 is 5.91 Å². The first kappa shape index (κ1) is 11.1. The lowest BCUT2D eigenvalue weighted by atomic mass is 10.1. The molecule has 0 bridgehead atoms. The Bertz CT molecular complexity index is 347. The van der Waals surface area contributed by atoms with Crippen molar-refractivity contribution in [1.29, 1.82) is 0 Å². The van der Waals surface area contributed by atoms with Gasteiger partial charge in [-0.1, -0.05) is 6.07 Å². The molecule has 0 radical (unpaired) electrons. The number of rotatable bonds is 2. The van der Waals surface area contributed by atoms with Crippen molar-refractivity contribution in [3.8, 4) is 0 Å². The van der Waals surface area contributed by atoms with Gasteiger partial charge in [0.15, 0.2) is 0 Å². The Kier molecular flexibility index (Phi) is 3.51. The van der Waals surface area contributed by atoms with Crippen LogP contribution in [0.3, 0.4) is 0 Å². The number of hydrogen-bond donors (Lipinski definition) is 0. The Morgan fingerprint density at radius 1 is 1.44 bits per heavy atom. The molecule has 4 nitrogen and oxygen atoms in total. The maximum atomic E-state index is 12.1. The van der Waals surface area contributed by atoms with Crippen LogP contribution in [0.5, 0.6) is 0 Å². The lowest BCUT2D eigenvalue weighted by Gasteiger charge is -2.30. The molecule has 0 spiro atoms. The molecule has 1 aliphatic heterocycles. The van der Waals surface area contributed by atoms with Crippen LogP contribution in [0.15, 0.2) is 24.4 Å². The molecule has 0 atom stereocenters. The van der Waals surface area contributed by atoms with Crippen LogP contribution in [0.2, 0.25) is 0 Å². The van der Waals surface area contributed by atoms with Crippen molar-refractivity contribution in [1.82, 2.24) is 9.88 Å². The van der Waals surface area contributed by atoms with Crippen molar-refractivity contribution < 1.29 is 9.53 Å². The number of nitrogens with zero attached hydrogens (tertiary/aromatic N) is 2. The second kappa shape index (κ2) is 5.07. The van der Waals surface area contributed by atoms with Gasteiger partial charge in [-0.3, -0.25) is 9.78 Å². The SMILES string of the molecule is CN(C(=O)c1ccccn1)C1CCOCC1. The van der Waals surface area contributed by atoms with E-state index in [1.165, 1.54) is 0 Å². The molecule has 0 saturated carbocycles. The van der Waals surface area contributed by atoms with Crippen LogP contribution < -0.4 is 0 Å². The third kappa shape index (κ3) is 2.39. The maximum absolute atomic E-state index is 12.1. The van der Waals surface area contributed by atoms with Crippen LogP contribution in [-0.4, -0.2) is 42.1 Å². The summed E-state index contributed by atoms with van der Waals surface area (Å²) < 4.78 is 5.28. The van der Waals surface area contributed by atoms with Gasteiger partial charge in [0, 0.05) is 32.5 Å². The van der Waals surface area contributed by atoms with E-state index in [1.54, 1.807) is 17.2 Å². The van der Waals surface area contributed by atoms with Crippen molar-refractivity contribution in [2.75, 3.05) is 20.3 Å². The van der Waals surface area contributed by atoms with E-state index in [2.05, 4.69) is 4.98 Å². The van der Waals surface area contributed by atoms with Gasteiger partial charge in [0.2, 0.25) is 0 Å². The number of pyridine rings is 1. The highest BCUT2D eigenvalue weighted by atomic mass is 16.5. The van der Waals surface area contributed by atoms with Crippen molar-refractivity contribution in [3.63, 3.8) is 0 Å². The van der Waals surface area contributed by atoms with Gasteiger partial charge in [-0.25, -0.2) is 0 Å². The van der Waals surface area contributed by atoms with Gasteiger partial charge in [-0.15, -0.1) is 0 Å². The van der Waals surface area contributed by atoms with Crippen LogP contribution in [0.25, 0.3) is 0 Å². The standard InChI is InChI=1S/C12H16N2O2/c1-14(10-5-8-16-9-6-10)12(15)11-4-2-3-7-13-11/h2-4,7,10H,5-6,8-9H2,1H3. The largest absolute Gasteiger partial charge is 0.381 e. The quantitative estimate of drug-likeness (QED) is 0.755. The zero-order valence-corrected chi connectivity index (χ0v) is 9.43. The summed E-state index contributed by atoms with van der Waals surface area (Å²) in [4.78, 5) is 17.9. The molecule has 1 aromatic rings. The predicted octanol–water partition coefficient (Wildman–Crippen LogP) is 1.33. The lowest BCUT2D eigenvalue weighted by Crippen LogP contribution is -2.40. The van der Waals surface area contributed by atoms with E-state index < -0.39 is 0 Å². The molecule has 1 saturated heterocycles. The van der Waals surface area contributed by atoms with Gasteiger partial charge in [0.25, 0.3) is 5.91 Å². The highest BCUT2D eigenvalue weighted by molar-refractivity contribution is 5.92. The van der Waals surface area contributed by atoms with Crippen LogP contribution in [0.4, 0.5) is 0 Å². The molecule has 16 heavy (non-hydrogen) atoms. The Labute approximate surface area is 95.2 Å². The summed E-state index contributed by atoms with van der Waals surface area (Å²) in [5.74, 6) is -0.00694. The second-order valence-corrected chi connectivity index (χ2v) is 3.97. The smallest absolute Gasteiger partial charge is 0.272 e. The monoisotopic (exact) mass is 220 g/mol. The molecule has 0 aliphatic carbocycles. The van der Waals surface area contributed by atoms with Crippen LogP contribution in [0, 0.1) is 0 Å². The normalized spacial score (nSPS) is 17.1. The van der Waals surface area contributed by atoms with Crippen molar-refractivity contribution in [2.45, 2.75) is 18.9 Å². The van der Waals surface area contributed by atoms with E-state index >= 15 is 0 Å². The highest BCUT2D eigenvalue weighted by Crippen LogP contribution is 2.14. The zero-order valence-electron chi connectivity index (χ0n) is 9.43. The molecular weight excluding hydrogens is 204 g/mol. The first-order chi connectivity index (χ1) is 7.79. The minimum Gasteiger partial charge on any atom is -0.381 e. The fourth-order valence-corrected chi connectivity index (χ4v) is 1.91. The van der Waals surface area contributed by atoms with E-state index in [0.29, 0.717) is 5.69 Å². The minimum atomic E-state index is -0.00694. The van der Waals surface area contributed by atoms with E-state index in [9.17, 15) is 4.79 Å². The van der Waals surface area contributed by atoms with Gasteiger partial charge in [0.1, 0.15) is 5.69 Å². The molecule has 0 N–H and O–H groups in total. The average Bonchev–Trinajstić information content (AvgIpc) is 2.39. The molecule has 0 aromatic carbocycles. The Balaban J connectivity index is 2.04.